The minimum absolute atomic E-state index is 0.181. The smallest absolute Gasteiger partial charge is 0.361 e. The van der Waals surface area contributed by atoms with Crippen LogP contribution in [0.5, 0.6) is 0 Å². The van der Waals surface area contributed by atoms with Crippen molar-refractivity contribution in [3.8, 4) is 0 Å². The monoisotopic (exact) mass is 1070 g/mol. The number of aliphatic carboxylic acids is 1. The molecule has 0 aliphatic rings. The maximum absolute atomic E-state index is 12.9. The Kier molecular flexibility index (Phi) is 55.1. The molecule has 9 heteroatoms. The highest BCUT2D eigenvalue weighted by molar-refractivity contribution is 5.71. The summed E-state index contributed by atoms with van der Waals surface area (Å²) in [5.41, 5.74) is 0. The zero-order valence-corrected chi connectivity index (χ0v) is 50.1. The third kappa shape index (κ3) is 59.5. The standard InChI is InChI=1S/C68H115NO8/c1-6-8-10-12-14-16-18-20-22-24-26-27-28-29-30-31-32-33-34-35-36-37-38-39-41-43-45-47-49-51-53-55-57-59-66(71)77-64(63-76-68(67(72)73)74-61-60-69(3,4)5)62-75-65(70)58-56-54-52-50-48-46-44-42-40-25-23-21-19-17-15-13-11-9-7-2/h8,10,14-17,20-23,26-27,29-30,32-33,40,42,64,68H,6-7,9,11-13,18-19,24-25,28,31,34-39,41,43-63H2,1-5H3/p+1/b10-8-,16-14-,17-15-,22-20-,23-21-,27-26-,30-29-,33-32-,42-40-. The van der Waals surface area contributed by atoms with Crippen LogP contribution in [0.15, 0.2) is 109 Å². The van der Waals surface area contributed by atoms with E-state index in [1.807, 2.05) is 21.1 Å². The SMILES string of the molecule is CC/C=C\C/C=C\C/C=C\C/C=C\C/C=C\C/C=C\CCCCCCCCCCCCCCCCC(=O)OC(COC(=O)CCCCCCCC/C=C\C/C=C\C/C=C\CCCCC)COC(OCC[N+](C)(C)C)C(=O)O. The van der Waals surface area contributed by atoms with E-state index in [0.717, 1.165) is 103 Å². The van der Waals surface area contributed by atoms with E-state index in [1.165, 1.54) is 109 Å². The van der Waals surface area contributed by atoms with Crippen LogP contribution in [0.1, 0.15) is 245 Å². The normalized spacial score (nSPS) is 13.5. The third-order valence-corrected chi connectivity index (χ3v) is 13.0. The van der Waals surface area contributed by atoms with Gasteiger partial charge in [0.1, 0.15) is 13.2 Å². The zero-order chi connectivity index (χ0) is 56.2. The van der Waals surface area contributed by atoms with Crippen molar-refractivity contribution >= 4 is 17.9 Å². The molecule has 0 saturated heterocycles. The number of hydrogen-bond acceptors (Lipinski definition) is 7. The number of carbonyl (C=O) groups is 3. The lowest BCUT2D eigenvalue weighted by molar-refractivity contribution is -0.870. The topological polar surface area (TPSA) is 108 Å². The molecule has 1 N–H and O–H groups in total. The number of quaternary nitrogens is 1. The number of carbonyl (C=O) groups excluding carboxylic acids is 2. The summed E-state index contributed by atoms with van der Waals surface area (Å²) in [5, 5.41) is 9.72. The van der Waals surface area contributed by atoms with Gasteiger partial charge in [0.2, 0.25) is 0 Å². The number of likely N-dealkylation sites (N-methyl/N-ethyl adjacent to an activating group) is 1. The highest BCUT2D eigenvalue weighted by Crippen LogP contribution is 2.16. The lowest BCUT2D eigenvalue weighted by atomic mass is 10.0. The molecule has 0 rings (SSSR count). The van der Waals surface area contributed by atoms with Crippen molar-refractivity contribution in [2.75, 3.05) is 47.5 Å². The summed E-state index contributed by atoms with van der Waals surface area (Å²) in [7, 11) is 5.96. The summed E-state index contributed by atoms with van der Waals surface area (Å²) in [6.07, 6.45) is 77.4. The van der Waals surface area contributed by atoms with Gasteiger partial charge in [0.25, 0.3) is 6.29 Å². The van der Waals surface area contributed by atoms with Gasteiger partial charge in [-0.3, -0.25) is 9.59 Å². The third-order valence-electron chi connectivity index (χ3n) is 13.0. The van der Waals surface area contributed by atoms with Crippen LogP contribution in [0.4, 0.5) is 0 Å². The molecule has 0 radical (unpaired) electrons. The molecule has 0 aromatic heterocycles. The summed E-state index contributed by atoms with van der Waals surface area (Å²) in [6.45, 7) is 4.72. The average molecular weight is 1080 g/mol. The molecule has 0 saturated carbocycles. The van der Waals surface area contributed by atoms with Gasteiger partial charge in [0.05, 0.1) is 34.4 Å². The minimum atomic E-state index is -1.52. The molecule has 440 valence electrons. The zero-order valence-electron chi connectivity index (χ0n) is 50.1. The van der Waals surface area contributed by atoms with Crippen LogP contribution in [0.2, 0.25) is 0 Å². The molecule has 0 spiro atoms. The molecule has 0 amide bonds. The summed E-state index contributed by atoms with van der Waals surface area (Å²) < 4.78 is 22.9. The summed E-state index contributed by atoms with van der Waals surface area (Å²) >= 11 is 0. The highest BCUT2D eigenvalue weighted by Gasteiger charge is 2.25. The van der Waals surface area contributed by atoms with Gasteiger partial charge in [-0.2, -0.15) is 0 Å². The number of esters is 2. The molecule has 2 atom stereocenters. The molecule has 0 aliphatic heterocycles. The Hall–Kier alpha value is -4.05. The molecule has 2 unspecified atom stereocenters. The first-order valence-corrected chi connectivity index (χ1v) is 31.1. The van der Waals surface area contributed by atoms with Crippen LogP contribution in [0.25, 0.3) is 0 Å². The van der Waals surface area contributed by atoms with Crippen molar-refractivity contribution in [2.45, 2.75) is 257 Å². The number of ether oxygens (including phenoxy) is 4. The van der Waals surface area contributed by atoms with E-state index in [9.17, 15) is 19.5 Å². The van der Waals surface area contributed by atoms with Crippen molar-refractivity contribution in [3.63, 3.8) is 0 Å². The fraction of sp³-hybridized carbons (Fsp3) is 0.691. The highest BCUT2D eigenvalue weighted by atomic mass is 16.7. The number of carboxylic acid groups (broad SMARTS) is 1. The van der Waals surface area contributed by atoms with Gasteiger partial charge in [-0.05, 0) is 103 Å². The van der Waals surface area contributed by atoms with Crippen molar-refractivity contribution in [3.05, 3.63) is 109 Å². The Morgan fingerprint density at radius 2 is 0.740 bits per heavy atom. The van der Waals surface area contributed by atoms with Gasteiger partial charge in [-0.1, -0.05) is 239 Å². The predicted octanol–water partition coefficient (Wildman–Crippen LogP) is 18.7. The second kappa shape index (κ2) is 58.1. The van der Waals surface area contributed by atoms with Gasteiger partial charge < -0.3 is 28.5 Å². The molecule has 0 fully saturated rings. The Balaban J connectivity index is 4.19. The second-order valence-electron chi connectivity index (χ2n) is 21.6. The molecule has 0 aromatic carbocycles. The summed E-state index contributed by atoms with van der Waals surface area (Å²) in [6, 6.07) is 0. The van der Waals surface area contributed by atoms with E-state index in [-0.39, 0.29) is 38.6 Å². The van der Waals surface area contributed by atoms with Crippen LogP contribution in [-0.2, 0) is 33.3 Å². The number of hydrogen-bond donors (Lipinski definition) is 1. The second-order valence-corrected chi connectivity index (χ2v) is 21.6. The fourth-order valence-electron chi connectivity index (χ4n) is 8.26. The van der Waals surface area contributed by atoms with E-state index in [4.69, 9.17) is 18.9 Å². The van der Waals surface area contributed by atoms with Crippen LogP contribution in [0.3, 0.4) is 0 Å². The van der Waals surface area contributed by atoms with E-state index in [1.54, 1.807) is 0 Å². The molecule has 9 nitrogen and oxygen atoms in total. The fourth-order valence-corrected chi connectivity index (χ4v) is 8.26. The molecular weight excluding hydrogens is 959 g/mol. The van der Waals surface area contributed by atoms with E-state index < -0.39 is 24.3 Å². The number of allylic oxidation sites excluding steroid dienone is 18. The first-order valence-electron chi connectivity index (χ1n) is 31.1. The van der Waals surface area contributed by atoms with Gasteiger partial charge in [-0.25, -0.2) is 4.79 Å². The molecule has 0 bridgehead atoms. The lowest BCUT2D eigenvalue weighted by Gasteiger charge is -2.25. The molecule has 77 heavy (non-hydrogen) atoms. The van der Waals surface area contributed by atoms with Crippen molar-refractivity contribution < 1.29 is 42.9 Å². The maximum atomic E-state index is 12.9. The Morgan fingerprint density at radius 1 is 0.403 bits per heavy atom. The first-order chi connectivity index (χ1) is 37.6. The van der Waals surface area contributed by atoms with Crippen LogP contribution in [-0.4, -0.2) is 87.4 Å². The Morgan fingerprint density at radius 3 is 1.10 bits per heavy atom. The summed E-state index contributed by atoms with van der Waals surface area (Å²) in [5.74, 6) is -2.03. The number of rotatable bonds is 56. The number of unbranched alkanes of at least 4 members (excludes halogenated alkanes) is 23. The maximum Gasteiger partial charge on any atom is 0.361 e. The Labute approximate surface area is 473 Å². The largest absolute Gasteiger partial charge is 0.477 e. The first kappa shape index (κ1) is 73.0. The van der Waals surface area contributed by atoms with Gasteiger partial charge >= 0.3 is 17.9 Å². The molecule has 0 aromatic rings. The number of carboxylic acids is 1. The number of nitrogens with zero attached hydrogens (tertiary/aromatic N) is 1. The summed E-state index contributed by atoms with van der Waals surface area (Å²) in [4.78, 5) is 37.5. The molecule has 0 heterocycles. The van der Waals surface area contributed by atoms with E-state index in [0.29, 0.717) is 17.4 Å². The van der Waals surface area contributed by atoms with Crippen LogP contribution < -0.4 is 0 Å². The van der Waals surface area contributed by atoms with Crippen molar-refractivity contribution in [1.82, 2.24) is 0 Å². The van der Waals surface area contributed by atoms with Crippen molar-refractivity contribution in [2.24, 2.45) is 0 Å². The Bertz CT molecular complexity index is 1630. The van der Waals surface area contributed by atoms with Crippen LogP contribution >= 0.6 is 0 Å². The quantitative estimate of drug-likeness (QED) is 0.0211. The minimum Gasteiger partial charge on any atom is -0.477 e. The average Bonchev–Trinajstić information content (AvgIpc) is 3.40. The van der Waals surface area contributed by atoms with Crippen molar-refractivity contribution in [1.29, 1.82) is 0 Å². The van der Waals surface area contributed by atoms with Gasteiger partial charge in [-0.15, -0.1) is 0 Å². The lowest BCUT2D eigenvalue weighted by Crippen LogP contribution is -2.40. The molecule has 0 aliphatic carbocycles. The predicted molar refractivity (Wildman–Crippen MR) is 327 cm³/mol. The van der Waals surface area contributed by atoms with Crippen LogP contribution in [0, 0.1) is 0 Å². The van der Waals surface area contributed by atoms with Gasteiger partial charge in [0, 0.05) is 12.8 Å². The van der Waals surface area contributed by atoms with Gasteiger partial charge in [0.15, 0.2) is 6.10 Å². The van der Waals surface area contributed by atoms with E-state index in [2.05, 4.69) is 123 Å². The molecular formula is C68H116NO8+. The van der Waals surface area contributed by atoms with E-state index >= 15 is 0 Å².